The zero-order chi connectivity index (χ0) is 19.3. The number of hydrogen-bond acceptors (Lipinski definition) is 4. The van der Waals surface area contributed by atoms with Crippen LogP contribution < -0.4 is 10.6 Å². The maximum Gasteiger partial charge on any atom is 0.441 e. The number of amides is 1. The molecular weight excluding hydrogens is 337 g/mol. The van der Waals surface area contributed by atoms with E-state index in [1.165, 1.54) is 19.1 Å². The standard InChI is InChI=1S/C17H23F3N2O3/c1-5-25-15(24)16(17(18,19)20,22-14(23)9-11(2)3)21-13-8-6-7-12(4)10-13/h6-8,10-11,21H,5,9H2,1-4H3,(H,22,23)/t16-/m1/s1. The summed E-state index contributed by atoms with van der Waals surface area (Å²) in [5, 5.41) is 3.94. The first-order valence-electron chi connectivity index (χ1n) is 7.91. The van der Waals surface area contributed by atoms with Gasteiger partial charge < -0.3 is 15.4 Å². The van der Waals surface area contributed by atoms with E-state index in [2.05, 4.69) is 10.1 Å². The number of halogens is 3. The van der Waals surface area contributed by atoms with Crippen molar-refractivity contribution in [2.24, 2.45) is 5.92 Å². The van der Waals surface area contributed by atoms with Gasteiger partial charge in [-0.25, -0.2) is 4.79 Å². The zero-order valence-electron chi connectivity index (χ0n) is 14.7. The number of rotatable bonds is 7. The van der Waals surface area contributed by atoms with Crippen molar-refractivity contribution in [3.8, 4) is 0 Å². The summed E-state index contributed by atoms with van der Waals surface area (Å²) < 4.78 is 46.2. The highest BCUT2D eigenvalue weighted by molar-refractivity contribution is 5.91. The number of carbonyl (C=O) groups is 2. The molecular formula is C17H23F3N2O3. The maximum absolute atomic E-state index is 13.9. The van der Waals surface area contributed by atoms with Crippen LogP contribution in [0.2, 0.25) is 0 Å². The number of hydrogen-bond donors (Lipinski definition) is 2. The minimum atomic E-state index is -5.12. The molecule has 0 fully saturated rings. The van der Waals surface area contributed by atoms with E-state index in [9.17, 15) is 22.8 Å². The maximum atomic E-state index is 13.9. The Morgan fingerprint density at radius 3 is 2.36 bits per heavy atom. The molecule has 0 spiro atoms. The van der Waals surface area contributed by atoms with E-state index < -0.39 is 23.7 Å². The average molecular weight is 360 g/mol. The Morgan fingerprint density at radius 1 is 1.24 bits per heavy atom. The molecule has 25 heavy (non-hydrogen) atoms. The number of carbonyl (C=O) groups excluding carboxylic acids is 2. The molecule has 1 amide bonds. The number of anilines is 1. The smallest absolute Gasteiger partial charge is 0.441 e. The molecule has 0 heterocycles. The Kier molecular flexibility index (Phi) is 6.84. The highest BCUT2D eigenvalue weighted by atomic mass is 19.4. The normalized spacial score (nSPS) is 13.9. The fraction of sp³-hybridized carbons (Fsp3) is 0.529. The Labute approximate surface area is 144 Å². The van der Waals surface area contributed by atoms with Crippen LogP contribution in [0, 0.1) is 12.8 Å². The summed E-state index contributed by atoms with van der Waals surface area (Å²) in [5.41, 5.74) is -2.63. The van der Waals surface area contributed by atoms with Gasteiger partial charge in [-0.15, -0.1) is 0 Å². The first-order valence-corrected chi connectivity index (χ1v) is 7.91. The molecule has 0 aliphatic carbocycles. The van der Waals surface area contributed by atoms with Gasteiger partial charge in [-0.3, -0.25) is 4.79 Å². The molecule has 1 aromatic carbocycles. The van der Waals surface area contributed by atoms with Crippen molar-refractivity contribution in [1.82, 2.24) is 5.32 Å². The Bertz CT molecular complexity index is 617. The molecule has 0 unspecified atom stereocenters. The van der Waals surface area contributed by atoms with E-state index in [4.69, 9.17) is 0 Å². The van der Waals surface area contributed by atoms with Crippen LogP contribution in [-0.2, 0) is 14.3 Å². The summed E-state index contributed by atoms with van der Waals surface area (Å²) in [6, 6.07) is 6.05. The second-order valence-corrected chi connectivity index (χ2v) is 6.11. The van der Waals surface area contributed by atoms with Gasteiger partial charge in [0.05, 0.1) is 6.61 Å². The van der Waals surface area contributed by atoms with E-state index in [0.29, 0.717) is 5.56 Å². The molecule has 8 heteroatoms. The zero-order valence-corrected chi connectivity index (χ0v) is 14.7. The number of alkyl halides is 3. The van der Waals surface area contributed by atoms with Crippen LogP contribution in [0.1, 0.15) is 32.8 Å². The van der Waals surface area contributed by atoms with Gasteiger partial charge in [0.25, 0.3) is 0 Å². The van der Waals surface area contributed by atoms with Gasteiger partial charge in [0.2, 0.25) is 5.91 Å². The van der Waals surface area contributed by atoms with Crippen molar-refractivity contribution in [3.63, 3.8) is 0 Å². The van der Waals surface area contributed by atoms with Crippen molar-refractivity contribution in [3.05, 3.63) is 29.8 Å². The molecule has 1 atom stereocenters. The molecule has 0 saturated carbocycles. The summed E-state index contributed by atoms with van der Waals surface area (Å²) in [4.78, 5) is 24.2. The van der Waals surface area contributed by atoms with Gasteiger partial charge >= 0.3 is 17.8 Å². The Morgan fingerprint density at radius 2 is 1.88 bits per heavy atom. The van der Waals surface area contributed by atoms with Crippen LogP contribution in [0.4, 0.5) is 18.9 Å². The monoisotopic (exact) mass is 360 g/mol. The van der Waals surface area contributed by atoms with Gasteiger partial charge in [-0.05, 0) is 37.5 Å². The quantitative estimate of drug-likeness (QED) is 0.578. The van der Waals surface area contributed by atoms with Crippen molar-refractivity contribution < 1.29 is 27.5 Å². The van der Waals surface area contributed by atoms with Crippen LogP contribution in [-0.4, -0.2) is 30.3 Å². The van der Waals surface area contributed by atoms with Gasteiger partial charge in [0.1, 0.15) is 0 Å². The molecule has 0 aliphatic rings. The molecule has 0 saturated heterocycles. The number of esters is 1. The number of benzene rings is 1. The lowest BCUT2D eigenvalue weighted by Gasteiger charge is -2.35. The summed E-state index contributed by atoms with van der Waals surface area (Å²) in [6.45, 7) is 6.20. The lowest BCUT2D eigenvalue weighted by Crippen LogP contribution is -2.69. The van der Waals surface area contributed by atoms with Crippen molar-refractivity contribution in [2.45, 2.75) is 46.0 Å². The van der Waals surface area contributed by atoms with Gasteiger partial charge in [0.15, 0.2) is 0 Å². The van der Waals surface area contributed by atoms with Crippen molar-refractivity contribution >= 4 is 17.6 Å². The van der Waals surface area contributed by atoms with Crippen LogP contribution in [0.5, 0.6) is 0 Å². The van der Waals surface area contributed by atoms with Gasteiger partial charge in [-0.1, -0.05) is 26.0 Å². The number of nitrogens with one attached hydrogen (secondary N) is 2. The van der Waals surface area contributed by atoms with Crippen LogP contribution in [0.25, 0.3) is 0 Å². The fourth-order valence-corrected chi connectivity index (χ4v) is 2.20. The van der Waals surface area contributed by atoms with E-state index in [1.54, 1.807) is 38.2 Å². The molecule has 0 bridgehead atoms. The first-order chi connectivity index (χ1) is 11.5. The van der Waals surface area contributed by atoms with E-state index in [0.717, 1.165) is 0 Å². The largest absolute Gasteiger partial charge is 0.463 e. The molecule has 0 aliphatic heterocycles. The lowest BCUT2D eigenvalue weighted by molar-refractivity contribution is -0.208. The second-order valence-electron chi connectivity index (χ2n) is 6.11. The van der Waals surface area contributed by atoms with Crippen LogP contribution in [0.3, 0.4) is 0 Å². The lowest BCUT2D eigenvalue weighted by atomic mass is 10.1. The van der Waals surface area contributed by atoms with Crippen LogP contribution >= 0.6 is 0 Å². The summed E-state index contributed by atoms with van der Waals surface area (Å²) >= 11 is 0. The van der Waals surface area contributed by atoms with Gasteiger partial charge in [0, 0.05) is 12.1 Å². The van der Waals surface area contributed by atoms with Gasteiger partial charge in [-0.2, -0.15) is 13.2 Å². The third-order valence-electron chi connectivity index (χ3n) is 3.28. The van der Waals surface area contributed by atoms with Crippen molar-refractivity contribution in [1.29, 1.82) is 0 Å². The van der Waals surface area contributed by atoms with E-state index in [1.807, 2.05) is 0 Å². The second kappa shape index (κ2) is 8.22. The third-order valence-corrected chi connectivity index (χ3v) is 3.28. The summed E-state index contributed by atoms with van der Waals surface area (Å²) in [6.07, 6.45) is -5.28. The highest BCUT2D eigenvalue weighted by Gasteiger charge is 2.63. The molecule has 1 rings (SSSR count). The predicted molar refractivity (Wildman–Crippen MR) is 87.8 cm³/mol. The Hall–Kier alpha value is -2.25. The number of ether oxygens (including phenoxy) is 1. The summed E-state index contributed by atoms with van der Waals surface area (Å²) in [5.74, 6) is -2.69. The molecule has 1 aromatic rings. The summed E-state index contributed by atoms with van der Waals surface area (Å²) in [7, 11) is 0. The molecule has 0 radical (unpaired) electrons. The Balaban J connectivity index is 3.33. The fourth-order valence-electron chi connectivity index (χ4n) is 2.20. The minimum Gasteiger partial charge on any atom is -0.463 e. The molecule has 0 aromatic heterocycles. The van der Waals surface area contributed by atoms with Crippen LogP contribution in [0.15, 0.2) is 24.3 Å². The predicted octanol–water partition coefficient (Wildman–Crippen LogP) is 3.39. The first kappa shape index (κ1) is 20.8. The third kappa shape index (κ3) is 5.37. The average Bonchev–Trinajstić information content (AvgIpc) is 2.44. The van der Waals surface area contributed by atoms with E-state index in [-0.39, 0.29) is 24.6 Å². The van der Waals surface area contributed by atoms with Crippen molar-refractivity contribution in [2.75, 3.05) is 11.9 Å². The van der Waals surface area contributed by atoms with E-state index >= 15 is 0 Å². The highest BCUT2D eigenvalue weighted by Crippen LogP contribution is 2.33. The minimum absolute atomic E-state index is 0.0372. The topological polar surface area (TPSA) is 67.4 Å². The molecule has 140 valence electrons. The number of aryl methyl sites for hydroxylation is 1. The molecule has 2 N–H and O–H groups in total. The molecule has 5 nitrogen and oxygen atoms in total. The SMILES string of the molecule is CCOC(=O)[C@](NC(=O)CC(C)C)(Nc1cccc(C)c1)C(F)(F)F.